The third kappa shape index (κ3) is 8.55. The largest absolute Gasteiger partial charge is 0.352 e. The Balaban J connectivity index is 1.86. The van der Waals surface area contributed by atoms with Crippen LogP contribution in [0.2, 0.25) is 10.0 Å². The van der Waals surface area contributed by atoms with E-state index < -0.39 is 6.04 Å². The van der Waals surface area contributed by atoms with E-state index in [2.05, 4.69) is 21.2 Å². The molecule has 0 spiro atoms. The molecule has 3 rings (SSSR count). The highest BCUT2D eigenvalue weighted by Gasteiger charge is 2.30. The van der Waals surface area contributed by atoms with Gasteiger partial charge in [0.25, 0.3) is 0 Å². The Morgan fingerprint density at radius 2 is 1.56 bits per heavy atom. The third-order valence-electron chi connectivity index (χ3n) is 5.50. The van der Waals surface area contributed by atoms with Crippen LogP contribution in [0.4, 0.5) is 0 Å². The number of hydrogen-bond acceptors (Lipinski definition) is 3. The molecule has 0 unspecified atom stereocenters. The van der Waals surface area contributed by atoms with E-state index in [0.29, 0.717) is 28.8 Å². The van der Waals surface area contributed by atoms with Gasteiger partial charge in [-0.05, 0) is 54.8 Å². The predicted octanol–water partition coefficient (Wildman–Crippen LogP) is 7.15. The second-order valence-corrected chi connectivity index (χ2v) is 11.4. The summed E-state index contributed by atoms with van der Waals surface area (Å²) in [5, 5.41) is 4.16. The molecular weight excluding hydrogens is 579 g/mol. The highest BCUT2D eigenvalue weighted by Crippen LogP contribution is 2.28. The van der Waals surface area contributed by atoms with E-state index >= 15 is 0 Å². The summed E-state index contributed by atoms with van der Waals surface area (Å²) >= 11 is 17.5. The van der Waals surface area contributed by atoms with Gasteiger partial charge in [0.15, 0.2) is 0 Å². The predicted molar refractivity (Wildman–Crippen MR) is 155 cm³/mol. The summed E-state index contributed by atoms with van der Waals surface area (Å²) in [7, 11) is 0. The van der Waals surface area contributed by atoms with Gasteiger partial charge >= 0.3 is 0 Å². The summed E-state index contributed by atoms with van der Waals surface area (Å²) in [5.41, 5.74) is 2.74. The highest BCUT2D eigenvalue weighted by molar-refractivity contribution is 9.10. The van der Waals surface area contributed by atoms with Crippen molar-refractivity contribution in [1.82, 2.24) is 10.2 Å². The Labute approximate surface area is 235 Å². The fourth-order valence-electron chi connectivity index (χ4n) is 3.71. The number of hydrogen-bond donors (Lipinski definition) is 1. The fraction of sp³-hybridized carbons (Fsp3) is 0.286. The minimum absolute atomic E-state index is 0.0443. The number of nitrogens with one attached hydrogen (secondary N) is 1. The lowest BCUT2D eigenvalue weighted by Gasteiger charge is -2.32. The van der Waals surface area contributed by atoms with Gasteiger partial charge in [-0.15, -0.1) is 11.8 Å². The molecule has 2 amide bonds. The average molecular weight is 608 g/mol. The van der Waals surface area contributed by atoms with Crippen LogP contribution in [-0.2, 0) is 28.3 Å². The smallest absolute Gasteiger partial charge is 0.243 e. The van der Waals surface area contributed by atoms with Crippen molar-refractivity contribution >= 4 is 62.7 Å². The molecule has 0 fully saturated rings. The summed E-state index contributed by atoms with van der Waals surface area (Å²) in [4.78, 5) is 28.7. The Morgan fingerprint density at radius 1 is 0.917 bits per heavy atom. The maximum atomic E-state index is 13.6. The highest BCUT2D eigenvalue weighted by atomic mass is 79.9. The number of nitrogens with zero attached hydrogens (tertiary/aromatic N) is 1. The van der Waals surface area contributed by atoms with Crippen molar-refractivity contribution in [3.05, 3.63) is 104 Å². The molecule has 0 saturated carbocycles. The number of benzene rings is 3. The lowest BCUT2D eigenvalue weighted by molar-refractivity contribution is -0.139. The Bertz CT molecular complexity index is 1140. The van der Waals surface area contributed by atoms with E-state index in [-0.39, 0.29) is 23.6 Å². The molecular formula is C28H29BrCl2N2O2S. The van der Waals surface area contributed by atoms with Gasteiger partial charge in [0.1, 0.15) is 6.04 Å². The first-order valence-corrected chi connectivity index (χ1v) is 14.3. The molecule has 0 radical (unpaired) electrons. The van der Waals surface area contributed by atoms with E-state index in [0.717, 1.165) is 21.2 Å². The molecule has 3 aromatic carbocycles. The zero-order valence-corrected chi connectivity index (χ0v) is 24.1. The van der Waals surface area contributed by atoms with Gasteiger partial charge in [-0.25, -0.2) is 0 Å². The molecule has 0 bridgehead atoms. The molecule has 0 saturated heterocycles. The van der Waals surface area contributed by atoms with Gasteiger partial charge in [-0.3, -0.25) is 9.59 Å². The van der Waals surface area contributed by atoms with E-state index in [9.17, 15) is 9.59 Å². The van der Waals surface area contributed by atoms with Crippen LogP contribution in [0.25, 0.3) is 0 Å². The molecule has 1 N–H and O–H groups in total. The van der Waals surface area contributed by atoms with Crippen LogP contribution in [0.3, 0.4) is 0 Å². The van der Waals surface area contributed by atoms with Gasteiger partial charge < -0.3 is 10.2 Å². The van der Waals surface area contributed by atoms with Crippen LogP contribution in [0.1, 0.15) is 30.5 Å². The Kier molecular flexibility index (Phi) is 11.2. The summed E-state index contributed by atoms with van der Waals surface area (Å²) in [5.74, 6) is 0.403. The van der Waals surface area contributed by atoms with Crippen LogP contribution in [0.15, 0.2) is 77.3 Å². The molecule has 8 heteroatoms. The number of carbonyl (C=O) groups is 2. The van der Waals surface area contributed by atoms with E-state index in [1.54, 1.807) is 23.1 Å². The minimum atomic E-state index is -0.657. The lowest BCUT2D eigenvalue weighted by Crippen LogP contribution is -2.52. The number of thioether (sulfide) groups is 1. The molecule has 4 nitrogen and oxygen atoms in total. The third-order valence-corrected chi connectivity index (χ3v) is 7.68. The van der Waals surface area contributed by atoms with Gasteiger partial charge in [0.2, 0.25) is 11.8 Å². The zero-order valence-electron chi connectivity index (χ0n) is 20.2. The quantitative estimate of drug-likeness (QED) is 0.252. The Morgan fingerprint density at radius 3 is 2.17 bits per heavy atom. The van der Waals surface area contributed by atoms with Crippen molar-refractivity contribution in [3.63, 3.8) is 0 Å². The van der Waals surface area contributed by atoms with Crippen LogP contribution >= 0.6 is 50.9 Å². The summed E-state index contributed by atoms with van der Waals surface area (Å²) < 4.78 is 0.953. The average Bonchev–Trinajstić information content (AvgIpc) is 2.84. The van der Waals surface area contributed by atoms with Crippen molar-refractivity contribution in [3.8, 4) is 0 Å². The number of carbonyl (C=O) groups excluding carboxylic acids is 2. The summed E-state index contributed by atoms with van der Waals surface area (Å²) in [6.07, 6.45) is 0.419. The SMILES string of the molecule is CC(C)NC(=O)[C@H](Cc1ccccc1)N(Cc1ccc(Br)cc1)C(=O)CSCc1c(Cl)cccc1Cl. The number of amides is 2. The standard InChI is InChI=1S/C28H29BrCl2N2O2S/c1-19(2)32-28(35)26(15-20-7-4-3-5-8-20)33(16-21-11-13-22(29)14-12-21)27(34)18-36-17-23-24(30)9-6-10-25(23)31/h3-14,19,26H,15-18H2,1-2H3,(H,32,35)/t26-/m0/s1. The van der Waals surface area contributed by atoms with Crippen LogP contribution in [0.5, 0.6) is 0 Å². The molecule has 0 aliphatic heterocycles. The van der Waals surface area contributed by atoms with Crippen molar-refractivity contribution in [2.45, 2.75) is 44.6 Å². The fourth-order valence-corrected chi connectivity index (χ4v) is 5.63. The van der Waals surface area contributed by atoms with Gasteiger partial charge in [0, 0.05) is 39.3 Å². The molecule has 36 heavy (non-hydrogen) atoms. The van der Waals surface area contributed by atoms with Gasteiger partial charge in [-0.2, -0.15) is 0 Å². The van der Waals surface area contributed by atoms with Crippen LogP contribution < -0.4 is 5.32 Å². The molecule has 1 atom stereocenters. The molecule has 190 valence electrons. The van der Waals surface area contributed by atoms with Crippen molar-refractivity contribution in [2.24, 2.45) is 0 Å². The minimum Gasteiger partial charge on any atom is -0.352 e. The molecule has 0 aromatic heterocycles. The maximum Gasteiger partial charge on any atom is 0.243 e. The van der Waals surface area contributed by atoms with E-state index in [1.807, 2.05) is 68.4 Å². The van der Waals surface area contributed by atoms with Crippen LogP contribution in [0, 0.1) is 0 Å². The molecule has 0 heterocycles. The lowest BCUT2D eigenvalue weighted by atomic mass is 10.0. The second kappa shape index (κ2) is 14.1. The van der Waals surface area contributed by atoms with Crippen molar-refractivity contribution < 1.29 is 9.59 Å². The van der Waals surface area contributed by atoms with E-state index in [4.69, 9.17) is 23.2 Å². The van der Waals surface area contributed by atoms with Crippen molar-refractivity contribution in [2.75, 3.05) is 5.75 Å². The summed E-state index contributed by atoms with van der Waals surface area (Å²) in [6, 6.07) is 22.2. The second-order valence-electron chi connectivity index (χ2n) is 8.71. The first-order chi connectivity index (χ1) is 17.2. The topological polar surface area (TPSA) is 49.4 Å². The zero-order chi connectivity index (χ0) is 26.1. The number of halogens is 3. The van der Waals surface area contributed by atoms with E-state index in [1.165, 1.54) is 11.8 Å². The van der Waals surface area contributed by atoms with Crippen molar-refractivity contribution in [1.29, 1.82) is 0 Å². The summed E-state index contributed by atoms with van der Waals surface area (Å²) in [6.45, 7) is 4.16. The molecule has 0 aliphatic carbocycles. The van der Waals surface area contributed by atoms with Gasteiger partial charge in [-0.1, -0.05) is 87.7 Å². The first-order valence-electron chi connectivity index (χ1n) is 11.6. The maximum absolute atomic E-state index is 13.6. The molecule has 3 aromatic rings. The Hall–Kier alpha value is -1.99. The monoisotopic (exact) mass is 606 g/mol. The van der Waals surface area contributed by atoms with Crippen LogP contribution in [-0.4, -0.2) is 34.6 Å². The first kappa shape index (κ1) is 28.6. The number of rotatable bonds is 11. The molecule has 0 aliphatic rings. The van der Waals surface area contributed by atoms with Gasteiger partial charge in [0.05, 0.1) is 5.75 Å². The normalized spacial score (nSPS) is 11.8.